The van der Waals surface area contributed by atoms with Crippen LogP contribution in [0.15, 0.2) is 27.5 Å². The monoisotopic (exact) mass is 307 g/mol. The first kappa shape index (κ1) is 16.1. The number of rotatable bonds is 4. The van der Waals surface area contributed by atoms with Gasteiger partial charge in [-0.05, 0) is 33.8 Å². The van der Waals surface area contributed by atoms with Crippen molar-refractivity contribution >= 4 is 6.09 Å². The molecule has 0 saturated carbocycles. The van der Waals surface area contributed by atoms with Gasteiger partial charge in [-0.25, -0.2) is 4.79 Å². The summed E-state index contributed by atoms with van der Waals surface area (Å²) in [5.74, 6) is 0.926. The molecule has 22 heavy (non-hydrogen) atoms. The van der Waals surface area contributed by atoms with Gasteiger partial charge in [-0.2, -0.15) is 4.98 Å². The third-order valence-corrected chi connectivity index (χ3v) is 3.06. The van der Waals surface area contributed by atoms with Crippen LogP contribution >= 0.6 is 0 Å². The SMILES string of the molecule is C[C@H](Cc1noc(-c2ccoc2)n1)N(C)C(=O)OC(C)(C)C. The highest BCUT2D eigenvalue weighted by Gasteiger charge is 2.24. The van der Waals surface area contributed by atoms with Gasteiger partial charge in [0.05, 0.1) is 11.8 Å². The van der Waals surface area contributed by atoms with Crippen molar-refractivity contribution in [2.24, 2.45) is 0 Å². The third kappa shape index (κ3) is 4.09. The molecule has 0 aliphatic carbocycles. The highest BCUT2D eigenvalue weighted by Crippen LogP contribution is 2.18. The highest BCUT2D eigenvalue weighted by molar-refractivity contribution is 5.68. The van der Waals surface area contributed by atoms with E-state index >= 15 is 0 Å². The summed E-state index contributed by atoms with van der Waals surface area (Å²) < 4.78 is 15.5. The first-order chi connectivity index (χ1) is 10.3. The normalized spacial score (nSPS) is 13.0. The number of aromatic nitrogens is 2. The van der Waals surface area contributed by atoms with Gasteiger partial charge in [-0.15, -0.1) is 0 Å². The number of likely N-dealkylation sites (N-methyl/N-ethyl adjacent to an activating group) is 1. The summed E-state index contributed by atoms with van der Waals surface area (Å²) >= 11 is 0. The fraction of sp³-hybridized carbons (Fsp3) is 0.533. The Morgan fingerprint density at radius 3 is 2.77 bits per heavy atom. The minimum Gasteiger partial charge on any atom is -0.472 e. The molecule has 2 rings (SSSR count). The van der Waals surface area contributed by atoms with Gasteiger partial charge in [0.1, 0.15) is 11.9 Å². The Morgan fingerprint density at radius 2 is 2.18 bits per heavy atom. The van der Waals surface area contributed by atoms with E-state index in [0.29, 0.717) is 18.1 Å². The van der Waals surface area contributed by atoms with Crippen molar-refractivity contribution in [1.82, 2.24) is 15.0 Å². The molecule has 7 nitrogen and oxygen atoms in total. The summed E-state index contributed by atoms with van der Waals surface area (Å²) in [5, 5.41) is 3.92. The number of hydrogen-bond acceptors (Lipinski definition) is 6. The summed E-state index contributed by atoms with van der Waals surface area (Å²) in [7, 11) is 1.69. The van der Waals surface area contributed by atoms with E-state index in [1.54, 1.807) is 13.1 Å². The van der Waals surface area contributed by atoms with Crippen LogP contribution < -0.4 is 0 Å². The average Bonchev–Trinajstić information content (AvgIpc) is 3.05. The van der Waals surface area contributed by atoms with Crippen molar-refractivity contribution in [1.29, 1.82) is 0 Å². The molecule has 0 fully saturated rings. The Balaban J connectivity index is 1.97. The molecule has 1 atom stereocenters. The Hall–Kier alpha value is -2.31. The molecular weight excluding hydrogens is 286 g/mol. The van der Waals surface area contributed by atoms with Gasteiger partial charge in [0.2, 0.25) is 0 Å². The molecule has 2 aromatic heterocycles. The second-order valence-electron chi connectivity index (χ2n) is 6.17. The van der Waals surface area contributed by atoms with Crippen LogP contribution in [0.25, 0.3) is 11.5 Å². The molecule has 2 heterocycles. The Labute approximate surface area is 129 Å². The van der Waals surface area contributed by atoms with E-state index in [9.17, 15) is 4.79 Å². The van der Waals surface area contributed by atoms with E-state index in [-0.39, 0.29) is 12.1 Å². The standard InChI is InChI=1S/C15H21N3O4/c1-10(18(5)14(19)21-15(2,3)4)8-12-16-13(22-17-12)11-6-7-20-9-11/h6-7,9-10H,8H2,1-5H3/t10-/m1/s1. The van der Waals surface area contributed by atoms with Crippen LogP contribution in [-0.2, 0) is 11.2 Å². The van der Waals surface area contributed by atoms with Crippen LogP contribution in [0.3, 0.4) is 0 Å². The topological polar surface area (TPSA) is 81.6 Å². The second-order valence-corrected chi connectivity index (χ2v) is 6.17. The van der Waals surface area contributed by atoms with E-state index in [0.717, 1.165) is 5.56 Å². The zero-order chi connectivity index (χ0) is 16.3. The molecule has 1 amide bonds. The Kier molecular flexibility index (Phi) is 4.54. The number of amides is 1. The Morgan fingerprint density at radius 1 is 1.45 bits per heavy atom. The number of nitrogens with zero attached hydrogens (tertiary/aromatic N) is 3. The molecule has 0 bridgehead atoms. The molecule has 0 spiro atoms. The number of hydrogen-bond donors (Lipinski definition) is 0. The first-order valence-corrected chi connectivity index (χ1v) is 7.07. The van der Waals surface area contributed by atoms with Crippen molar-refractivity contribution in [3.8, 4) is 11.5 Å². The lowest BCUT2D eigenvalue weighted by Gasteiger charge is -2.28. The largest absolute Gasteiger partial charge is 0.472 e. The lowest BCUT2D eigenvalue weighted by atomic mass is 10.2. The molecule has 120 valence electrons. The van der Waals surface area contributed by atoms with Crippen molar-refractivity contribution in [3.05, 3.63) is 24.4 Å². The molecule has 0 radical (unpaired) electrons. The molecule has 0 aromatic carbocycles. The fourth-order valence-corrected chi connectivity index (χ4v) is 1.76. The van der Waals surface area contributed by atoms with E-state index in [1.165, 1.54) is 17.4 Å². The summed E-state index contributed by atoms with van der Waals surface area (Å²) in [4.78, 5) is 17.8. The first-order valence-electron chi connectivity index (χ1n) is 7.07. The van der Waals surface area contributed by atoms with Gasteiger partial charge >= 0.3 is 6.09 Å². The predicted molar refractivity (Wildman–Crippen MR) is 79.2 cm³/mol. The zero-order valence-electron chi connectivity index (χ0n) is 13.5. The molecule has 7 heteroatoms. The van der Waals surface area contributed by atoms with Gasteiger partial charge in [0.25, 0.3) is 5.89 Å². The van der Waals surface area contributed by atoms with Crippen molar-refractivity contribution in [3.63, 3.8) is 0 Å². The molecule has 0 aliphatic rings. The molecule has 2 aromatic rings. The van der Waals surface area contributed by atoms with Gasteiger partial charge in [0, 0.05) is 19.5 Å². The van der Waals surface area contributed by atoms with Gasteiger partial charge in [0.15, 0.2) is 5.82 Å². The number of carbonyl (C=O) groups excluding carboxylic acids is 1. The summed E-state index contributed by atoms with van der Waals surface area (Å²) in [6.45, 7) is 7.40. The highest BCUT2D eigenvalue weighted by atomic mass is 16.6. The molecule has 0 N–H and O–H groups in total. The van der Waals surface area contributed by atoms with Crippen molar-refractivity contribution in [2.45, 2.75) is 45.8 Å². The van der Waals surface area contributed by atoms with Crippen molar-refractivity contribution in [2.75, 3.05) is 7.05 Å². The quantitative estimate of drug-likeness (QED) is 0.863. The Bertz CT molecular complexity index is 613. The predicted octanol–water partition coefficient (Wildman–Crippen LogP) is 3.13. The zero-order valence-corrected chi connectivity index (χ0v) is 13.5. The molecule has 0 unspecified atom stereocenters. The summed E-state index contributed by atoms with van der Waals surface area (Å²) in [5.41, 5.74) is 0.206. The molecule has 0 saturated heterocycles. The van der Waals surface area contributed by atoms with Crippen molar-refractivity contribution < 1.29 is 18.5 Å². The van der Waals surface area contributed by atoms with Crippen LogP contribution in [0.2, 0.25) is 0 Å². The lowest BCUT2D eigenvalue weighted by Crippen LogP contribution is -2.40. The van der Waals surface area contributed by atoms with E-state index in [1.807, 2.05) is 27.7 Å². The minimum absolute atomic E-state index is 0.121. The van der Waals surface area contributed by atoms with Crippen LogP contribution in [0.5, 0.6) is 0 Å². The van der Waals surface area contributed by atoms with E-state index in [2.05, 4.69) is 10.1 Å². The summed E-state index contributed by atoms with van der Waals surface area (Å²) in [6.07, 6.45) is 3.17. The van der Waals surface area contributed by atoms with E-state index in [4.69, 9.17) is 13.7 Å². The molecule has 0 aliphatic heterocycles. The van der Waals surface area contributed by atoms with Gasteiger partial charge in [-0.1, -0.05) is 5.16 Å². The maximum absolute atomic E-state index is 12.0. The maximum Gasteiger partial charge on any atom is 0.410 e. The summed E-state index contributed by atoms with van der Waals surface area (Å²) in [6, 6.07) is 1.62. The van der Waals surface area contributed by atoms with Crippen LogP contribution in [-0.4, -0.2) is 39.8 Å². The molecular formula is C15H21N3O4. The smallest absolute Gasteiger partial charge is 0.410 e. The number of furan rings is 1. The van der Waals surface area contributed by atoms with Crippen LogP contribution in [0.4, 0.5) is 4.79 Å². The van der Waals surface area contributed by atoms with Gasteiger partial charge < -0.3 is 18.6 Å². The van der Waals surface area contributed by atoms with Crippen LogP contribution in [0, 0.1) is 0 Å². The maximum atomic E-state index is 12.0. The second kappa shape index (κ2) is 6.21. The third-order valence-electron chi connectivity index (χ3n) is 3.06. The number of ether oxygens (including phenoxy) is 1. The van der Waals surface area contributed by atoms with Crippen LogP contribution in [0.1, 0.15) is 33.5 Å². The fourth-order valence-electron chi connectivity index (χ4n) is 1.76. The van der Waals surface area contributed by atoms with Gasteiger partial charge in [-0.3, -0.25) is 0 Å². The lowest BCUT2D eigenvalue weighted by molar-refractivity contribution is 0.0234. The average molecular weight is 307 g/mol. The number of carbonyl (C=O) groups is 1. The van der Waals surface area contributed by atoms with E-state index < -0.39 is 5.60 Å². The minimum atomic E-state index is -0.522.